The second kappa shape index (κ2) is 37.0. The zero-order valence-electron chi connectivity index (χ0n) is 36.2. The number of hydrogen-bond acceptors (Lipinski definition) is 7. The number of phosphoric ester groups is 1. The first-order chi connectivity index (χ1) is 26.4. The normalized spacial score (nSPS) is 15.3. The number of rotatable bonds is 40. The lowest BCUT2D eigenvalue weighted by molar-refractivity contribution is -0.870. The molecule has 0 saturated carbocycles. The molecule has 0 fully saturated rings. The van der Waals surface area contributed by atoms with Crippen molar-refractivity contribution in [3.8, 4) is 0 Å². The van der Waals surface area contributed by atoms with Gasteiger partial charge in [0.15, 0.2) is 0 Å². The summed E-state index contributed by atoms with van der Waals surface area (Å²) >= 11 is 0. The molecule has 0 aromatic heterocycles. The van der Waals surface area contributed by atoms with Crippen LogP contribution >= 0.6 is 7.82 Å². The third kappa shape index (κ3) is 38.0. The van der Waals surface area contributed by atoms with Gasteiger partial charge in [-0.1, -0.05) is 159 Å². The fourth-order valence-electron chi connectivity index (χ4n) is 6.41. The standard InChI is InChI=1S/C45H87N2O7P/c1-6-8-10-12-14-16-18-20-21-22-23-24-25-26-28-30-32-34-36-38-44(49)46-42(41-54-55(51,52)53-40-39-47(3,4)5)45(50)43(48)37-35-33-31-29-27-19-17-15-13-11-9-7-2/h7,9,15,17,29,31,42-43,45,48,50H,6,8,10-14,16,18-28,30,32-41H2,1-5H3,(H-,46,49,51,52)/b9-7+,17-15+,31-29+. The van der Waals surface area contributed by atoms with Crippen LogP contribution in [0.25, 0.3) is 0 Å². The van der Waals surface area contributed by atoms with Crippen LogP contribution in [0.2, 0.25) is 0 Å². The molecular formula is C45H87N2O7P. The Morgan fingerprint density at radius 2 is 1.11 bits per heavy atom. The number of hydrogen-bond donors (Lipinski definition) is 3. The maximum absolute atomic E-state index is 12.9. The Labute approximate surface area is 339 Å². The number of aliphatic hydroxyl groups excluding tert-OH is 2. The van der Waals surface area contributed by atoms with E-state index in [4.69, 9.17) is 9.05 Å². The van der Waals surface area contributed by atoms with Gasteiger partial charge in [-0.3, -0.25) is 9.36 Å². The number of amides is 1. The molecule has 0 aromatic carbocycles. The molecule has 0 aliphatic heterocycles. The second-order valence-corrected chi connectivity index (χ2v) is 17.9. The summed E-state index contributed by atoms with van der Waals surface area (Å²) in [5.41, 5.74) is 0. The number of aliphatic hydroxyl groups is 2. The minimum Gasteiger partial charge on any atom is -0.756 e. The van der Waals surface area contributed by atoms with Crippen LogP contribution in [0.1, 0.15) is 187 Å². The number of carbonyl (C=O) groups excluding carboxylic acids is 1. The number of likely N-dealkylation sites (N-methyl/N-ethyl adjacent to an activating group) is 1. The molecule has 0 aromatic rings. The summed E-state index contributed by atoms with van der Waals surface area (Å²) in [6.07, 6.45) is 40.6. The summed E-state index contributed by atoms with van der Waals surface area (Å²) in [4.78, 5) is 25.3. The SMILES string of the molecule is C/C=C/CC/C=C/CC/C=C/CCCC(O)C(O)C(COP(=O)([O-])OCC[N+](C)(C)C)NC(=O)CCCCCCCCCCCCCCCCCCCCC. The number of unbranched alkanes of at least 4 members (excludes halogenated alkanes) is 21. The lowest BCUT2D eigenvalue weighted by atomic mass is 10.0. The average molecular weight is 799 g/mol. The number of nitrogens with one attached hydrogen (secondary N) is 1. The van der Waals surface area contributed by atoms with Crippen molar-refractivity contribution in [1.29, 1.82) is 0 Å². The molecule has 4 atom stereocenters. The Morgan fingerprint density at radius 3 is 1.56 bits per heavy atom. The molecule has 0 saturated heterocycles. The molecule has 324 valence electrons. The van der Waals surface area contributed by atoms with E-state index in [-0.39, 0.29) is 18.9 Å². The Balaban J connectivity index is 4.47. The highest BCUT2D eigenvalue weighted by Crippen LogP contribution is 2.38. The van der Waals surface area contributed by atoms with Gasteiger partial charge in [-0.15, -0.1) is 0 Å². The summed E-state index contributed by atoms with van der Waals surface area (Å²) in [6, 6.07) is -1.10. The van der Waals surface area contributed by atoms with Crippen molar-refractivity contribution in [2.45, 2.75) is 205 Å². The monoisotopic (exact) mass is 799 g/mol. The van der Waals surface area contributed by atoms with E-state index in [1.807, 2.05) is 28.1 Å². The molecule has 0 radical (unpaired) electrons. The van der Waals surface area contributed by atoms with Gasteiger partial charge in [0.2, 0.25) is 5.91 Å². The Kier molecular flexibility index (Phi) is 36.1. The Morgan fingerprint density at radius 1 is 0.673 bits per heavy atom. The molecule has 9 nitrogen and oxygen atoms in total. The molecule has 0 spiro atoms. The highest BCUT2D eigenvalue weighted by atomic mass is 31.2. The van der Waals surface area contributed by atoms with Crippen LogP contribution in [0, 0.1) is 0 Å². The highest BCUT2D eigenvalue weighted by Gasteiger charge is 2.29. The molecular weight excluding hydrogens is 711 g/mol. The van der Waals surface area contributed by atoms with Crippen molar-refractivity contribution < 1.29 is 38.0 Å². The summed E-state index contributed by atoms with van der Waals surface area (Å²) in [5, 5.41) is 24.5. The zero-order valence-corrected chi connectivity index (χ0v) is 37.1. The largest absolute Gasteiger partial charge is 0.756 e. The van der Waals surface area contributed by atoms with Gasteiger partial charge < -0.3 is 34.0 Å². The van der Waals surface area contributed by atoms with Crippen molar-refractivity contribution in [2.75, 3.05) is 40.9 Å². The van der Waals surface area contributed by atoms with Crippen molar-refractivity contribution in [2.24, 2.45) is 0 Å². The first-order valence-electron chi connectivity index (χ1n) is 22.4. The van der Waals surface area contributed by atoms with E-state index in [1.165, 1.54) is 96.3 Å². The minimum atomic E-state index is -4.67. The number of quaternary nitrogens is 1. The van der Waals surface area contributed by atoms with Crippen LogP contribution in [-0.2, 0) is 18.4 Å². The molecule has 10 heteroatoms. The van der Waals surface area contributed by atoms with E-state index in [1.54, 1.807) is 0 Å². The van der Waals surface area contributed by atoms with Gasteiger partial charge in [0, 0.05) is 6.42 Å². The third-order valence-electron chi connectivity index (χ3n) is 10.0. The molecule has 3 N–H and O–H groups in total. The second-order valence-electron chi connectivity index (χ2n) is 16.5. The predicted molar refractivity (Wildman–Crippen MR) is 230 cm³/mol. The number of nitrogens with zero attached hydrogens (tertiary/aromatic N) is 1. The summed E-state index contributed by atoms with van der Waals surface area (Å²) in [5.74, 6) is -0.294. The van der Waals surface area contributed by atoms with Crippen LogP contribution in [0.5, 0.6) is 0 Å². The van der Waals surface area contributed by atoms with Crippen LogP contribution in [0.15, 0.2) is 36.5 Å². The van der Waals surface area contributed by atoms with Gasteiger partial charge >= 0.3 is 0 Å². The van der Waals surface area contributed by atoms with Gasteiger partial charge in [-0.25, -0.2) is 0 Å². The molecule has 0 heterocycles. The molecule has 1 amide bonds. The van der Waals surface area contributed by atoms with E-state index in [2.05, 4.69) is 48.7 Å². The maximum Gasteiger partial charge on any atom is 0.268 e. The van der Waals surface area contributed by atoms with E-state index < -0.39 is 32.7 Å². The van der Waals surface area contributed by atoms with Gasteiger partial charge in [-0.2, -0.15) is 0 Å². The number of carbonyl (C=O) groups is 1. The summed E-state index contributed by atoms with van der Waals surface area (Å²) in [7, 11) is 1.09. The fraction of sp³-hybridized carbons (Fsp3) is 0.844. The molecule has 0 aliphatic carbocycles. The van der Waals surface area contributed by atoms with Crippen molar-refractivity contribution in [3.63, 3.8) is 0 Å². The molecule has 4 unspecified atom stereocenters. The number of phosphoric acid groups is 1. The first kappa shape index (κ1) is 53.7. The number of allylic oxidation sites excluding steroid dienone is 6. The van der Waals surface area contributed by atoms with Crippen molar-refractivity contribution in [3.05, 3.63) is 36.5 Å². The molecule has 0 rings (SSSR count). The topological polar surface area (TPSA) is 128 Å². The fourth-order valence-corrected chi connectivity index (χ4v) is 7.13. The van der Waals surface area contributed by atoms with Gasteiger partial charge in [0.05, 0.1) is 39.9 Å². The van der Waals surface area contributed by atoms with Crippen LogP contribution < -0.4 is 10.2 Å². The van der Waals surface area contributed by atoms with Crippen molar-refractivity contribution >= 4 is 13.7 Å². The van der Waals surface area contributed by atoms with Crippen LogP contribution in [0.4, 0.5) is 0 Å². The zero-order chi connectivity index (χ0) is 40.9. The van der Waals surface area contributed by atoms with Gasteiger partial charge in [-0.05, 0) is 58.3 Å². The Bertz CT molecular complexity index is 1010. The van der Waals surface area contributed by atoms with Gasteiger partial charge in [0.25, 0.3) is 7.82 Å². The first-order valence-corrected chi connectivity index (χ1v) is 23.8. The van der Waals surface area contributed by atoms with E-state index in [0.717, 1.165) is 51.4 Å². The van der Waals surface area contributed by atoms with E-state index >= 15 is 0 Å². The lowest BCUT2D eigenvalue weighted by Crippen LogP contribution is -2.51. The Hall–Kier alpha value is -1.32. The van der Waals surface area contributed by atoms with E-state index in [9.17, 15) is 24.5 Å². The molecule has 0 aliphatic rings. The van der Waals surface area contributed by atoms with Crippen LogP contribution in [-0.4, -0.2) is 79.8 Å². The maximum atomic E-state index is 12.9. The lowest BCUT2D eigenvalue weighted by Gasteiger charge is -2.31. The molecule has 0 bridgehead atoms. The van der Waals surface area contributed by atoms with Gasteiger partial charge in [0.1, 0.15) is 19.3 Å². The molecule has 55 heavy (non-hydrogen) atoms. The third-order valence-corrected chi connectivity index (χ3v) is 11.0. The summed E-state index contributed by atoms with van der Waals surface area (Å²) < 4.78 is 23.1. The van der Waals surface area contributed by atoms with Crippen LogP contribution in [0.3, 0.4) is 0 Å². The minimum absolute atomic E-state index is 0.0494. The van der Waals surface area contributed by atoms with E-state index in [0.29, 0.717) is 30.3 Å². The predicted octanol–water partition coefficient (Wildman–Crippen LogP) is 10.6. The quantitative estimate of drug-likeness (QED) is 0.0244. The summed E-state index contributed by atoms with van der Waals surface area (Å²) in [6.45, 7) is 4.19. The smallest absolute Gasteiger partial charge is 0.268 e. The van der Waals surface area contributed by atoms with Crippen molar-refractivity contribution in [1.82, 2.24) is 5.32 Å². The average Bonchev–Trinajstić information content (AvgIpc) is 3.13. The highest BCUT2D eigenvalue weighted by molar-refractivity contribution is 7.45.